The number of allylic oxidation sites excluding steroid dienone is 2. The SMILES string of the molecule is CC1=C2N(C)C(=O)CC[C@]2(C)[C@H]2CC[C@]3(C)[C@@H](CC(=O)Nc4nc5c(C)cccc5s4)CC[C@H]3[C@@H]2C1. The molecule has 5 nitrogen and oxygen atoms in total. The van der Waals surface area contributed by atoms with Gasteiger partial charge in [-0.05, 0) is 93.1 Å². The Kier molecular flexibility index (Phi) is 5.64. The quantitative estimate of drug-likeness (QED) is 0.492. The molecule has 0 bridgehead atoms. The number of amides is 2. The summed E-state index contributed by atoms with van der Waals surface area (Å²) in [5.41, 5.74) is 5.21. The van der Waals surface area contributed by atoms with Crippen LogP contribution in [0.1, 0.15) is 77.7 Å². The molecule has 2 heterocycles. The van der Waals surface area contributed by atoms with Gasteiger partial charge in [-0.3, -0.25) is 9.59 Å². The number of aryl methyl sites for hydroxylation is 1. The van der Waals surface area contributed by atoms with E-state index >= 15 is 0 Å². The third kappa shape index (κ3) is 3.50. The lowest BCUT2D eigenvalue weighted by Gasteiger charge is -2.59. The summed E-state index contributed by atoms with van der Waals surface area (Å²) in [6.45, 7) is 9.25. The summed E-state index contributed by atoms with van der Waals surface area (Å²) in [6.07, 6.45) is 8.12. The number of para-hydroxylation sites is 1. The average Bonchev–Trinajstić information content (AvgIpc) is 3.38. The van der Waals surface area contributed by atoms with Crippen LogP contribution in [0.2, 0.25) is 0 Å². The molecule has 2 aromatic rings. The highest BCUT2D eigenvalue weighted by atomic mass is 32.1. The lowest BCUT2D eigenvalue weighted by atomic mass is 9.48. The molecule has 3 aliphatic carbocycles. The van der Waals surface area contributed by atoms with E-state index in [0.717, 1.165) is 40.2 Å². The van der Waals surface area contributed by atoms with Gasteiger partial charge < -0.3 is 10.2 Å². The largest absolute Gasteiger partial charge is 0.319 e. The van der Waals surface area contributed by atoms with Crippen molar-refractivity contribution in [2.24, 2.45) is 34.5 Å². The van der Waals surface area contributed by atoms with Gasteiger partial charge in [-0.25, -0.2) is 4.98 Å². The highest BCUT2D eigenvalue weighted by Crippen LogP contribution is 2.67. The Bertz CT molecular complexity index is 1280. The molecule has 6 atom stereocenters. The predicted octanol–water partition coefficient (Wildman–Crippen LogP) is 6.93. The van der Waals surface area contributed by atoms with Gasteiger partial charge in [0.25, 0.3) is 0 Å². The summed E-state index contributed by atoms with van der Waals surface area (Å²) in [5, 5.41) is 3.86. The first kappa shape index (κ1) is 24.1. The van der Waals surface area contributed by atoms with Gasteiger partial charge in [-0.2, -0.15) is 0 Å². The van der Waals surface area contributed by atoms with Gasteiger partial charge in [-0.15, -0.1) is 0 Å². The molecule has 6 heteroatoms. The van der Waals surface area contributed by atoms with Crippen LogP contribution in [0.15, 0.2) is 29.5 Å². The Morgan fingerprint density at radius 1 is 1.17 bits per heavy atom. The summed E-state index contributed by atoms with van der Waals surface area (Å²) in [5.74, 6) is 2.78. The second kappa shape index (κ2) is 8.41. The molecule has 2 amide bonds. The molecule has 1 N–H and O–H groups in total. The summed E-state index contributed by atoms with van der Waals surface area (Å²) in [6, 6.07) is 6.19. The number of thiazole rings is 1. The van der Waals surface area contributed by atoms with Crippen LogP contribution >= 0.6 is 11.3 Å². The normalized spacial score (nSPS) is 36.0. The molecule has 36 heavy (non-hydrogen) atoms. The van der Waals surface area contributed by atoms with Crippen LogP contribution in [-0.2, 0) is 9.59 Å². The van der Waals surface area contributed by atoms with Gasteiger partial charge >= 0.3 is 0 Å². The number of likely N-dealkylation sites (tertiary alicyclic amines) is 1. The van der Waals surface area contributed by atoms with Crippen molar-refractivity contribution in [1.82, 2.24) is 9.88 Å². The van der Waals surface area contributed by atoms with Crippen molar-refractivity contribution in [3.8, 4) is 0 Å². The first-order valence-electron chi connectivity index (χ1n) is 13.7. The topological polar surface area (TPSA) is 62.3 Å². The number of benzene rings is 1. The Balaban J connectivity index is 1.20. The predicted molar refractivity (Wildman–Crippen MR) is 146 cm³/mol. The van der Waals surface area contributed by atoms with E-state index in [1.165, 1.54) is 30.5 Å². The molecule has 0 spiro atoms. The van der Waals surface area contributed by atoms with Gasteiger partial charge in [0, 0.05) is 31.0 Å². The number of rotatable bonds is 3. The van der Waals surface area contributed by atoms with Crippen LogP contribution in [0, 0.1) is 41.4 Å². The Morgan fingerprint density at radius 3 is 2.75 bits per heavy atom. The molecule has 192 valence electrons. The monoisotopic (exact) mass is 505 g/mol. The molecular formula is C30H39N3O2S. The molecular weight excluding hydrogens is 466 g/mol. The Labute approximate surface area is 218 Å². The minimum absolute atomic E-state index is 0.109. The maximum Gasteiger partial charge on any atom is 0.226 e. The van der Waals surface area contributed by atoms with E-state index in [1.54, 1.807) is 11.3 Å². The second-order valence-corrected chi connectivity index (χ2v) is 13.6. The van der Waals surface area contributed by atoms with Crippen molar-refractivity contribution in [2.45, 2.75) is 79.1 Å². The van der Waals surface area contributed by atoms with E-state index in [4.69, 9.17) is 4.98 Å². The third-order valence-corrected chi connectivity index (χ3v) is 11.7. The van der Waals surface area contributed by atoms with Gasteiger partial charge in [0.15, 0.2) is 5.13 Å². The summed E-state index contributed by atoms with van der Waals surface area (Å²) in [4.78, 5) is 32.4. The van der Waals surface area contributed by atoms with Crippen molar-refractivity contribution in [2.75, 3.05) is 12.4 Å². The van der Waals surface area contributed by atoms with E-state index in [-0.39, 0.29) is 22.6 Å². The molecule has 1 aromatic heterocycles. The number of anilines is 1. The number of hydrogen-bond acceptors (Lipinski definition) is 4. The highest BCUT2D eigenvalue weighted by molar-refractivity contribution is 7.22. The van der Waals surface area contributed by atoms with Crippen LogP contribution in [-0.4, -0.2) is 28.7 Å². The smallest absolute Gasteiger partial charge is 0.226 e. The van der Waals surface area contributed by atoms with Crippen LogP contribution < -0.4 is 5.32 Å². The molecule has 0 unspecified atom stereocenters. The fourth-order valence-electron chi connectivity index (χ4n) is 9.09. The molecule has 3 fully saturated rings. The Morgan fingerprint density at radius 2 is 1.97 bits per heavy atom. The van der Waals surface area contributed by atoms with Crippen LogP contribution in [0.5, 0.6) is 0 Å². The standard InChI is InChI=1S/C30H39N3O2S/c1-17-7-6-8-23-26(17)32-28(36-23)31-24(34)16-19-9-10-21-20-15-18(2)27-30(4,14-12-25(35)33(27)5)22(20)11-13-29(19,21)3/h6-8,19-22H,9-16H2,1-5H3,(H,31,32,34)/t19-,20+,21+,22+,29-,30-/m1/s1. The number of nitrogens with one attached hydrogen (secondary N) is 1. The van der Waals surface area contributed by atoms with Crippen molar-refractivity contribution < 1.29 is 9.59 Å². The molecule has 1 aromatic carbocycles. The fraction of sp³-hybridized carbons (Fsp3) is 0.633. The molecule has 1 saturated heterocycles. The summed E-state index contributed by atoms with van der Waals surface area (Å²) < 4.78 is 1.13. The van der Waals surface area contributed by atoms with Crippen molar-refractivity contribution in [1.29, 1.82) is 0 Å². The molecule has 6 rings (SSSR count). The summed E-state index contributed by atoms with van der Waals surface area (Å²) in [7, 11) is 1.99. The van der Waals surface area contributed by atoms with Crippen LogP contribution in [0.4, 0.5) is 5.13 Å². The number of carbonyl (C=O) groups is 2. The lowest BCUT2D eigenvalue weighted by Crippen LogP contribution is -2.54. The van der Waals surface area contributed by atoms with E-state index in [0.29, 0.717) is 36.5 Å². The zero-order chi connectivity index (χ0) is 25.4. The van der Waals surface area contributed by atoms with Gasteiger partial charge in [0.2, 0.25) is 11.8 Å². The van der Waals surface area contributed by atoms with Crippen LogP contribution in [0.25, 0.3) is 10.2 Å². The highest BCUT2D eigenvalue weighted by Gasteiger charge is 2.60. The minimum Gasteiger partial charge on any atom is -0.319 e. The van der Waals surface area contributed by atoms with E-state index < -0.39 is 0 Å². The number of aromatic nitrogens is 1. The first-order chi connectivity index (χ1) is 17.1. The maximum atomic E-state index is 13.2. The summed E-state index contributed by atoms with van der Waals surface area (Å²) >= 11 is 1.57. The molecule has 2 saturated carbocycles. The van der Waals surface area contributed by atoms with Gasteiger partial charge in [0.1, 0.15) is 0 Å². The number of nitrogens with zero attached hydrogens (tertiary/aromatic N) is 2. The van der Waals surface area contributed by atoms with Crippen molar-refractivity contribution in [3.05, 3.63) is 35.0 Å². The number of fused-ring (bicyclic) bond motifs is 6. The molecule has 4 aliphatic rings. The van der Waals surface area contributed by atoms with E-state index in [9.17, 15) is 9.59 Å². The van der Waals surface area contributed by atoms with Crippen molar-refractivity contribution >= 4 is 38.5 Å². The first-order valence-corrected chi connectivity index (χ1v) is 14.6. The fourth-order valence-corrected chi connectivity index (χ4v) is 10.0. The zero-order valence-electron chi connectivity index (χ0n) is 22.3. The Hall–Kier alpha value is -2.21. The van der Waals surface area contributed by atoms with E-state index in [1.807, 2.05) is 18.0 Å². The average molecular weight is 506 g/mol. The lowest BCUT2D eigenvalue weighted by molar-refractivity contribution is -0.136. The number of piperidine rings is 1. The van der Waals surface area contributed by atoms with Crippen LogP contribution in [0.3, 0.4) is 0 Å². The number of hydrogen-bond donors (Lipinski definition) is 1. The molecule has 1 aliphatic heterocycles. The molecule has 0 radical (unpaired) electrons. The zero-order valence-corrected chi connectivity index (χ0v) is 23.1. The third-order valence-electron chi connectivity index (χ3n) is 10.8. The minimum atomic E-state index is 0.109. The van der Waals surface area contributed by atoms with Gasteiger partial charge in [0.05, 0.1) is 10.2 Å². The second-order valence-electron chi connectivity index (χ2n) is 12.6. The van der Waals surface area contributed by atoms with Gasteiger partial charge in [-0.1, -0.05) is 42.9 Å². The van der Waals surface area contributed by atoms with Crippen molar-refractivity contribution in [3.63, 3.8) is 0 Å². The maximum absolute atomic E-state index is 13.2. The van der Waals surface area contributed by atoms with E-state index in [2.05, 4.69) is 45.1 Å². The number of carbonyl (C=O) groups excluding carboxylic acids is 2.